The number of amides is 1. The molecule has 1 amide bonds. The molecule has 150 valence electrons. The Labute approximate surface area is 169 Å². The van der Waals surface area contributed by atoms with Crippen molar-refractivity contribution >= 4 is 5.91 Å². The highest BCUT2D eigenvalue weighted by atomic mass is 16.5. The quantitative estimate of drug-likeness (QED) is 0.596. The van der Waals surface area contributed by atoms with Gasteiger partial charge in [0.25, 0.3) is 5.91 Å². The maximum atomic E-state index is 13.0. The van der Waals surface area contributed by atoms with Crippen LogP contribution >= 0.6 is 0 Å². The largest absolute Gasteiger partial charge is 0.496 e. The summed E-state index contributed by atoms with van der Waals surface area (Å²) in [4.78, 5) is 13.0. The average Bonchev–Trinajstić information content (AvgIpc) is 3.39. The van der Waals surface area contributed by atoms with Crippen molar-refractivity contribution in [3.63, 3.8) is 0 Å². The van der Waals surface area contributed by atoms with Gasteiger partial charge in [0.1, 0.15) is 11.4 Å². The van der Waals surface area contributed by atoms with Gasteiger partial charge in [-0.05, 0) is 24.3 Å². The van der Waals surface area contributed by atoms with Gasteiger partial charge in [-0.2, -0.15) is 5.10 Å². The molecule has 0 saturated carbocycles. The van der Waals surface area contributed by atoms with Crippen LogP contribution in [0.2, 0.25) is 0 Å². The molecule has 7 heteroatoms. The molecule has 1 saturated heterocycles. The van der Waals surface area contributed by atoms with E-state index in [0.717, 1.165) is 11.3 Å². The molecule has 0 aliphatic carbocycles. The second-order valence-corrected chi connectivity index (χ2v) is 7.07. The molecule has 29 heavy (non-hydrogen) atoms. The monoisotopic (exact) mass is 392 g/mol. The van der Waals surface area contributed by atoms with E-state index in [1.807, 2.05) is 54.6 Å². The number of β-amino-alcohol motifs (C(OH)–C–C–N with tert-alkyl or cyclic N) is 1. The lowest BCUT2D eigenvalue weighted by atomic mass is 10.0. The van der Waals surface area contributed by atoms with Gasteiger partial charge < -0.3 is 20.5 Å². The smallest absolute Gasteiger partial charge is 0.255 e. The maximum Gasteiger partial charge on any atom is 0.255 e. The predicted octanol–water partition coefficient (Wildman–Crippen LogP) is 1.86. The maximum absolute atomic E-state index is 13.0. The van der Waals surface area contributed by atoms with Gasteiger partial charge in [0.15, 0.2) is 0 Å². The topological polar surface area (TPSA) is 88.4 Å². The Morgan fingerprint density at radius 3 is 2.69 bits per heavy atom. The molecular formula is C22H24N4O3. The fraction of sp³-hybridized carbons (Fsp3) is 0.273. The molecule has 0 bridgehead atoms. The van der Waals surface area contributed by atoms with Crippen LogP contribution in [0.1, 0.15) is 10.4 Å². The molecule has 2 atom stereocenters. The van der Waals surface area contributed by atoms with Crippen LogP contribution in [-0.2, 0) is 0 Å². The van der Waals surface area contributed by atoms with Crippen molar-refractivity contribution in [2.45, 2.75) is 6.10 Å². The highest BCUT2D eigenvalue weighted by Gasteiger charge is 2.27. The molecule has 1 aromatic heterocycles. The number of nitrogens with one attached hydrogen (secondary N) is 2. The van der Waals surface area contributed by atoms with Gasteiger partial charge in [-0.25, -0.2) is 4.68 Å². The summed E-state index contributed by atoms with van der Waals surface area (Å²) in [5.74, 6) is 0.417. The molecule has 2 unspecified atom stereocenters. The molecule has 1 fully saturated rings. The molecule has 0 radical (unpaired) electrons. The molecule has 1 aliphatic rings. The van der Waals surface area contributed by atoms with Crippen molar-refractivity contribution in [3.05, 3.63) is 66.4 Å². The molecule has 0 spiro atoms. The zero-order chi connectivity index (χ0) is 20.2. The molecule has 2 aromatic carbocycles. The number of ether oxygens (including phenoxy) is 1. The molecule has 3 N–H and O–H groups in total. The number of para-hydroxylation sites is 2. The number of aliphatic hydroxyl groups excluding tert-OH is 1. The van der Waals surface area contributed by atoms with E-state index in [4.69, 9.17) is 4.74 Å². The summed E-state index contributed by atoms with van der Waals surface area (Å²) in [5.41, 5.74) is 2.61. The van der Waals surface area contributed by atoms with Crippen molar-refractivity contribution in [2.24, 2.45) is 5.92 Å². The third-order valence-corrected chi connectivity index (χ3v) is 5.17. The Morgan fingerprint density at radius 1 is 1.21 bits per heavy atom. The van der Waals surface area contributed by atoms with E-state index in [1.165, 1.54) is 0 Å². The summed E-state index contributed by atoms with van der Waals surface area (Å²) in [7, 11) is 1.60. The van der Waals surface area contributed by atoms with Crippen molar-refractivity contribution < 1.29 is 14.6 Å². The van der Waals surface area contributed by atoms with Crippen molar-refractivity contribution in [3.8, 4) is 22.7 Å². The first-order valence-corrected chi connectivity index (χ1v) is 9.63. The summed E-state index contributed by atoms with van der Waals surface area (Å²) < 4.78 is 7.18. The zero-order valence-electron chi connectivity index (χ0n) is 16.2. The van der Waals surface area contributed by atoms with Gasteiger partial charge >= 0.3 is 0 Å². The summed E-state index contributed by atoms with van der Waals surface area (Å²) in [5, 5.41) is 20.7. The van der Waals surface area contributed by atoms with Crippen molar-refractivity contribution in [1.82, 2.24) is 20.4 Å². The van der Waals surface area contributed by atoms with Crippen LogP contribution in [0.3, 0.4) is 0 Å². The minimum absolute atomic E-state index is 0.00201. The normalized spacial score (nSPS) is 18.6. The molecule has 4 rings (SSSR count). The lowest BCUT2D eigenvalue weighted by molar-refractivity contribution is 0.0927. The molecule has 7 nitrogen and oxygen atoms in total. The Balaban J connectivity index is 1.69. The average molecular weight is 392 g/mol. The van der Waals surface area contributed by atoms with E-state index in [2.05, 4.69) is 15.7 Å². The van der Waals surface area contributed by atoms with E-state index in [0.29, 0.717) is 36.6 Å². The molecule has 2 heterocycles. The fourth-order valence-electron chi connectivity index (χ4n) is 3.54. The van der Waals surface area contributed by atoms with Crippen LogP contribution in [0, 0.1) is 5.92 Å². The minimum atomic E-state index is -0.448. The van der Waals surface area contributed by atoms with Gasteiger partial charge in [0.05, 0.1) is 24.5 Å². The van der Waals surface area contributed by atoms with Gasteiger partial charge in [-0.1, -0.05) is 30.3 Å². The number of methoxy groups -OCH3 is 1. The van der Waals surface area contributed by atoms with Crippen LogP contribution in [0.15, 0.2) is 60.8 Å². The summed E-state index contributed by atoms with van der Waals surface area (Å²) in [6.07, 6.45) is 1.28. The lowest BCUT2D eigenvalue weighted by Gasteiger charge is -2.14. The standard InChI is InChI=1S/C22H24N4O3/c1-29-20-10-6-5-9-17(20)21-18(14-26(25-21)16-7-3-2-4-8-16)22(28)24-12-15-11-23-13-19(15)27/h2-10,14-15,19,23,27H,11-13H2,1H3,(H,24,28). The lowest BCUT2D eigenvalue weighted by Crippen LogP contribution is -2.34. The third-order valence-electron chi connectivity index (χ3n) is 5.17. The zero-order valence-corrected chi connectivity index (χ0v) is 16.2. The van der Waals surface area contributed by atoms with E-state index >= 15 is 0 Å². The summed E-state index contributed by atoms with van der Waals surface area (Å²) in [6, 6.07) is 17.1. The van der Waals surface area contributed by atoms with Gasteiger partial charge in [0, 0.05) is 37.3 Å². The number of rotatable bonds is 6. The van der Waals surface area contributed by atoms with Crippen LogP contribution < -0.4 is 15.4 Å². The first-order chi connectivity index (χ1) is 14.2. The predicted molar refractivity (Wildman–Crippen MR) is 110 cm³/mol. The number of benzene rings is 2. The number of nitrogens with zero attached hydrogens (tertiary/aromatic N) is 2. The van der Waals surface area contributed by atoms with Crippen LogP contribution in [0.4, 0.5) is 0 Å². The highest BCUT2D eigenvalue weighted by Crippen LogP contribution is 2.31. The number of carbonyl (C=O) groups excluding carboxylic acids is 1. The first kappa shape index (κ1) is 19.2. The van der Waals surface area contributed by atoms with Gasteiger partial charge in [-0.15, -0.1) is 0 Å². The fourth-order valence-corrected chi connectivity index (χ4v) is 3.54. The Kier molecular flexibility index (Phi) is 5.59. The summed E-state index contributed by atoms with van der Waals surface area (Å²) >= 11 is 0. The number of hydrogen-bond donors (Lipinski definition) is 3. The van der Waals surface area contributed by atoms with E-state index < -0.39 is 6.10 Å². The van der Waals surface area contributed by atoms with E-state index in [-0.39, 0.29) is 11.8 Å². The van der Waals surface area contributed by atoms with Crippen LogP contribution in [0.5, 0.6) is 5.75 Å². The Hall–Kier alpha value is -3.16. The number of aromatic nitrogens is 2. The first-order valence-electron chi connectivity index (χ1n) is 9.63. The second-order valence-electron chi connectivity index (χ2n) is 7.07. The number of aliphatic hydroxyl groups is 1. The van der Waals surface area contributed by atoms with E-state index in [1.54, 1.807) is 18.0 Å². The third kappa shape index (κ3) is 4.01. The molecule has 1 aliphatic heterocycles. The Bertz CT molecular complexity index is 987. The van der Waals surface area contributed by atoms with Crippen molar-refractivity contribution in [2.75, 3.05) is 26.7 Å². The van der Waals surface area contributed by atoms with E-state index in [9.17, 15) is 9.90 Å². The SMILES string of the molecule is COc1ccccc1-c1nn(-c2ccccc2)cc1C(=O)NCC1CNCC1O. The number of carbonyl (C=O) groups is 1. The number of hydrogen-bond acceptors (Lipinski definition) is 5. The van der Waals surface area contributed by atoms with Gasteiger partial charge in [-0.3, -0.25) is 4.79 Å². The second kappa shape index (κ2) is 8.46. The van der Waals surface area contributed by atoms with Crippen molar-refractivity contribution in [1.29, 1.82) is 0 Å². The Morgan fingerprint density at radius 2 is 1.97 bits per heavy atom. The minimum Gasteiger partial charge on any atom is -0.496 e. The highest BCUT2D eigenvalue weighted by molar-refractivity contribution is 6.00. The van der Waals surface area contributed by atoms with Gasteiger partial charge in [0.2, 0.25) is 0 Å². The molecular weight excluding hydrogens is 368 g/mol. The summed E-state index contributed by atoms with van der Waals surface area (Å²) in [6.45, 7) is 1.64. The molecule has 3 aromatic rings. The van der Waals surface area contributed by atoms with Crippen LogP contribution in [-0.4, -0.2) is 53.6 Å². The van der Waals surface area contributed by atoms with Crippen LogP contribution in [0.25, 0.3) is 16.9 Å².